The highest BCUT2D eigenvalue weighted by Crippen LogP contribution is 2.23. The molecule has 26 heavy (non-hydrogen) atoms. The molecule has 0 aliphatic rings. The molecule has 2 aromatic rings. The predicted molar refractivity (Wildman–Crippen MR) is 108 cm³/mol. The lowest BCUT2D eigenvalue weighted by Crippen LogP contribution is -2.11. The average molecular weight is 348 g/mol. The summed E-state index contributed by atoms with van der Waals surface area (Å²) in [5, 5.41) is 0. The van der Waals surface area contributed by atoms with Gasteiger partial charge in [0.2, 0.25) is 0 Å². The third-order valence-corrected chi connectivity index (χ3v) is 4.46. The molecule has 136 valence electrons. The van der Waals surface area contributed by atoms with Crippen LogP contribution in [0.5, 0.6) is 0 Å². The van der Waals surface area contributed by atoms with E-state index in [0.717, 1.165) is 0 Å². The molecule has 0 atom stereocenters. The van der Waals surface area contributed by atoms with Crippen LogP contribution in [0.3, 0.4) is 0 Å². The summed E-state index contributed by atoms with van der Waals surface area (Å²) in [7, 11) is 0. The first-order chi connectivity index (χ1) is 12.0. The number of hydrogen-bond acceptors (Lipinski definition) is 2. The number of ketones is 2. The normalized spacial score (nSPS) is 12.4. The fourth-order valence-corrected chi connectivity index (χ4v) is 2.61. The topological polar surface area (TPSA) is 34.1 Å². The molecular weight excluding hydrogens is 320 g/mol. The van der Waals surface area contributed by atoms with Gasteiger partial charge in [0.1, 0.15) is 0 Å². The van der Waals surface area contributed by atoms with Crippen molar-refractivity contribution in [1.29, 1.82) is 0 Å². The molecule has 0 spiro atoms. The van der Waals surface area contributed by atoms with Gasteiger partial charge < -0.3 is 0 Å². The van der Waals surface area contributed by atoms with E-state index < -0.39 is 0 Å². The molecule has 0 saturated heterocycles. The highest BCUT2D eigenvalue weighted by atomic mass is 16.1. The van der Waals surface area contributed by atoms with Crippen LogP contribution in [0.4, 0.5) is 0 Å². The summed E-state index contributed by atoms with van der Waals surface area (Å²) >= 11 is 0. The zero-order valence-electron chi connectivity index (χ0n) is 16.6. The van der Waals surface area contributed by atoms with Crippen molar-refractivity contribution < 1.29 is 9.59 Å². The Bertz CT molecular complexity index is 737. The molecule has 0 aliphatic heterocycles. The van der Waals surface area contributed by atoms with Crippen molar-refractivity contribution in [3.05, 3.63) is 82.9 Å². The van der Waals surface area contributed by atoms with E-state index in [1.807, 2.05) is 48.5 Å². The number of allylic oxidation sites excluding steroid dienone is 2. The Morgan fingerprint density at radius 1 is 0.577 bits per heavy atom. The molecule has 0 heterocycles. The molecule has 2 nitrogen and oxygen atoms in total. The lowest BCUT2D eigenvalue weighted by Gasteiger charge is -2.18. The third kappa shape index (κ3) is 5.01. The number of carbonyl (C=O) groups excluding carboxylic acids is 2. The highest BCUT2D eigenvalue weighted by Gasteiger charge is 2.15. The van der Waals surface area contributed by atoms with Crippen molar-refractivity contribution in [2.24, 2.45) is 0 Å². The highest BCUT2D eigenvalue weighted by molar-refractivity contribution is 6.11. The van der Waals surface area contributed by atoms with E-state index in [0.29, 0.717) is 11.1 Å². The largest absolute Gasteiger partial charge is 0.289 e. The van der Waals surface area contributed by atoms with Gasteiger partial charge in [-0.05, 0) is 34.1 Å². The van der Waals surface area contributed by atoms with Crippen LogP contribution in [0.2, 0.25) is 0 Å². The van der Waals surface area contributed by atoms with Crippen molar-refractivity contribution >= 4 is 11.6 Å². The van der Waals surface area contributed by atoms with Gasteiger partial charge in [0.15, 0.2) is 11.6 Å². The molecule has 0 unspecified atom stereocenters. The molecule has 0 fully saturated rings. The minimum absolute atomic E-state index is 0.0482. The molecular formula is C24H28O2. The van der Waals surface area contributed by atoms with Gasteiger partial charge in [0.05, 0.1) is 0 Å². The van der Waals surface area contributed by atoms with E-state index in [2.05, 4.69) is 41.5 Å². The third-order valence-electron chi connectivity index (χ3n) is 4.46. The SMILES string of the molecule is CC(C)(C)c1ccc(C(=O)C=CC(=O)c2ccc(C(C)(C)C)cc2)cc1. The molecule has 2 aromatic carbocycles. The van der Waals surface area contributed by atoms with Gasteiger partial charge in [0.25, 0.3) is 0 Å². The molecule has 0 saturated carbocycles. The van der Waals surface area contributed by atoms with Crippen LogP contribution in [0.25, 0.3) is 0 Å². The number of rotatable bonds is 4. The minimum Gasteiger partial charge on any atom is -0.289 e. The second-order valence-corrected chi connectivity index (χ2v) is 8.72. The quantitative estimate of drug-likeness (QED) is 0.509. The van der Waals surface area contributed by atoms with E-state index in [9.17, 15) is 9.59 Å². The maximum atomic E-state index is 12.3. The Balaban J connectivity index is 2.08. The zero-order chi connectivity index (χ0) is 19.5. The number of carbonyl (C=O) groups is 2. The second kappa shape index (κ2) is 7.41. The lowest BCUT2D eigenvalue weighted by atomic mass is 9.86. The summed E-state index contributed by atoms with van der Waals surface area (Å²) in [6.45, 7) is 12.8. The first kappa shape index (κ1) is 19.8. The maximum absolute atomic E-state index is 12.3. The first-order valence-electron chi connectivity index (χ1n) is 8.96. The van der Waals surface area contributed by atoms with E-state index in [-0.39, 0.29) is 22.4 Å². The smallest absolute Gasteiger partial charge is 0.185 e. The molecule has 0 aromatic heterocycles. The van der Waals surface area contributed by atoms with Crippen molar-refractivity contribution in [3.63, 3.8) is 0 Å². The van der Waals surface area contributed by atoms with Gasteiger partial charge in [-0.25, -0.2) is 0 Å². The minimum atomic E-state index is -0.162. The van der Waals surface area contributed by atoms with Gasteiger partial charge in [-0.2, -0.15) is 0 Å². The Labute approximate surface area is 157 Å². The summed E-state index contributed by atoms with van der Waals surface area (Å²) in [5.41, 5.74) is 3.62. The van der Waals surface area contributed by atoms with Crippen LogP contribution in [-0.2, 0) is 10.8 Å². The fraction of sp³-hybridized carbons (Fsp3) is 0.333. The van der Waals surface area contributed by atoms with Gasteiger partial charge in [0, 0.05) is 11.1 Å². The fourth-order valence-electron chi connectivity index (χ4n) is 2.61. The standard InChI is InChI=1S/C24H28O2/c1-23(2,3)19-11-7-17(8-12-19)21(25)15-16-22(26)18-9-13-20(14-10-18)24(4,5)6/h7-16H,1-6H3. The van der Waals surface area contributed by atoms with Crippen LogP contribution in [0.15, 0.2) is 60.7 Å². The lowest BCUT2D eigenvalue weighted by molar-refractivity contribution is 0.102. The van der Waals surface area contributed by atoms with Gasteiger partial charge in [-0.1, -0.05) is 90.1 Å². The van der Waals surface area contributed by atoms with Crippen LogP contribution >= 0.6 is 0 Å². The first-order valence-corrected chi connectivity index (χ1v) is 8.96. The molecule has 0 radical (unpaired) electrons. The van der Waals surface area contributed by atoms with Crippen molar-refractivity contribution in [2.75, 3.05) is 0 Å². The van der Waals surface area contributed by atoms with Crippen LogP contribution in [0, 0.1) is 0 Å². The summed E-state index contributed by atoms with van der Waals surface area (Å²) in [6, 6.07) is 15.1. The Morgan fingerprint density at radius 3 is 1.08 bits per heavy atom. The van der Waals surface area contributed by atoms with E-state index >= 15 is 0 Å². The van der Waals surface area contributed by atoms with Crippen LogP contribution in [-0.4, -0.2) is 11.6 Å². The van der Waals surface area contributed by atoms with Crippen molar-refractivity contribution in [3.8, 4) is 0 Å². The van der Waals surface area contributed by atoms with E-state index in [1.54, 1.807) is 0 Å². The summed E-state index contributed by atoms with van der Waals surface area (Å²) in [5.74, 6) is -0.324. The Hall–Kier alpha value is -2.48. The van der Waals surface area contributed by atoms with Crippen LogP contribution in [0.1, 0.15) is 73.4 Å². The van der Waals surface area contributed by atoms with E-state index in [1.165, 1.54) is 23.3 Å². The zero-order valence-corrected chi connectivity index (χ0v) is 16.6. The number of benzene rings is 2. The summed E-state index contributed by atoms with van der Waals surface area (Å²) in [6.07, 6.45) is 2.71. The molecule has 2 heteroatoms. The molecule has 0 aliphatic carbocycles. The molecule has 2 rings (SSSR count). The molecule has 0 amide bonds. The summed E-state index contributed by atoms with van der Waals surface area (Å²) in [4.78, 5) is 24.6. The second-order valence-electron chi connectivity index (χ2n) is 8.72. The van der Waals surface area contributed by atoms with Gasteiger partial charge >= 0.3 is 0 Å². The monoisotopic (exact) mass is 348 g/mol. The molecule has 0 N–H and O–H groups in total. The summed E-state index contributed by atoms with van der Waals surface area (Å²) < 4.78 is 0. The van der Waals surface area contributed by atoms with E-state index in [4.69, 9.17) is 0 Å². The maximum Gasteiger partial charge on any atom is 0.185 e. The average Bonchev–Trinajstić information content (AvgIpc) is 2.58. The Kier molecular flexibility index (Phi) is 5.65. The molecule has 0 bridgehead atoms. The predicted octanol–water partition coefficient (Wildman–Crippen LogP) is 5.90. The van der Waals surface area contributed by atoms with Gasteiger partial charge in [-0.15, -0.1) is 0 Å². The Morgan fingerprint density at radius 2 is 0.846 bits per heavy atom. The number of hydrogen-bond donors (Lipinski definition) is 0. The van der Waals surface area contributed by atoms with Crippen molar-refractivity contribution in [1.82, 2.24) is 0 Å². The van der Waals surface area contributed by atoms with Gasteiger partial charge in [-0.3, -0.25) is 9.59 Å². The van der Waals surface area contributed by atoms with Crippen molar-refractivity contribution in [2.45, 2.75) is 52.4 Å². The van der Waals surface area contributed by atoms with Crippen LogP contribution < -0.4 is 0 Å².